The molecule has 31 heavy (non-hydrogen) atoms. The maximum absolute atomic E-state index is 12.9. The summed E-state index contributed by atoms with van der Waals surface area (Å²) in [5.41, 5.74) is 6.15. The molecule has 3 N–H and O–H groups in total. The van der Waals surface area contributed by atoms with Gasteiger partial charge in [-0.2, -0.15) is 12.7 Å². The second kappa shape index (κ2) is 7.48. The van der Waals surface area contributed by atoms with Gasteiger partial charge in [0.1, 0.15) is 0 Å². The van der Waals surface area contributed by atoms with E-state index in [0.29, 0.717) is 43.0 Å². The molecular weight excluding hydrogens is 416 g/mol. The number of anilines is 1. The molecule has 8 nitrogen and oxygen atoms in total. The van der Waals surface area contributed by atoms with Crippen molar-refractivity contribution in [3.8, 4) is 0 Å². The monoisotopic (exact) mass is 446 g/mol. The third kappa shape index (κ3) is 3.71. The molecule has 0 spiro atoms. The molecule has 0 radical (unpaired) electrons. The Labute approximate surface area is 183 Å². The maximum Gasteiger partial charge on any atom is 0.304 e. The van der Waals surface area contributed by atoms with Crippen LogP contribution in [-0.4, -0.2) is 50.2 Å². The van der Waals surface area contributed by atoms with E-state index < -0.39 is 10.2 Å². The average molecular weight is 447 g/mol. The summed E-state index contributed by atoms with van der Waals surface area (Å²) in [5.74, 6) is 0.851. The summed E-state index contributed by atoms with van der Waals surface area (Å²) in [7, 11) is -3.71. The Morgan fingerprint density at radius 2 is 1.74 bits per heavy atom. The van der Waals surface area contributed by atoms with Gasteiger partial charge in [-0.1, -0.05) is 18.2 Å². The molecule has 1 aliphatic heterocycles. The van der Waals surface area contributed by atoms with Gasteiger partial charge >= 0.3 is 10.2 Å². The Morgan fingerprint density at radius 1 is 1.06 bits per heavy atom. The standard InChI is InChI=1S/C22H30N4O4S/c23-19(27)13-22-10-15-8-16(11-22)21(17(9-15)12-22)24-20(28)14-25-6-7-26(31(25,29)30)18-4-2-1-3-5-18/h1-5,15-17,21H,6-14H2,(H2,23,27)(H,24,28). The van der Waals surface area contributed by atoms with Crippen LogP contribution >= 0.6 is 0 Å². The van der Waals surface area contributed by atoms with Crippen molar-refractivity contribution in [2.45, 2.75) is 44.6 Å². The molecule has 2 unspecified atom stereocenters. The Bertz CT molecular complexity index is 966. The molecule has 1 aromatic carbocycles. The molecule has 4 aliphatic carbocycles. The van der Waals surface area contributed by atoms with Crippen LogP contribution in [0.4, 0.5) is 5.69 Å². The highest BCUT2D eigenvalue weighted by Crippen LogP contribution is 2.61. The summed E-state index contributed by atoms with van der Waals surface area (Å²) in [5, 5.41) is 3.17. The van der Waals surface area contributed by atoms with E-state index in [4.69, 9.17) is 5.73 Å². The summed E-state index contributed by atoms with van der Waals surface area (Å²) in [6.45, 7) is 0.481. The molecule has 2 amide bonds. The van der Waals surface area contributed by atoms with E-state index in [-0.39, 0.29) is 29.8 Å². The first kappa shape index (κ1) is 20.8. The smallest absolute Gasteiger partial charge is 0.304 e. The van der Waals surface area contributed by atoms with Crippen molar-refractivity contribution in [3.63, 3.8) is 0 Å². The Hall–Kier alpha value is -2.13. The predicted molar refractivity (Wildman–Crippen MR) is 116 cm³/mol. The van der Waals surface area contributed by atoms with Gasteiger partial charge in [-0.25, -0.2) is 0 Å². The number of carbonyl (C=O) groups excluding carboxylic acids is 2. The second-order valence-corrected chi connectivity index (χ2v) is 11.8. The number of nitrogens with one attached hydrogen (secondary N) is 1. The van der Waals surface area contributed by atoms with E-state index in [1.165, 1.54) is 8.61 Å². The van der Waals surface area contributed by atoms with Gasteiger partial charge < -0.3 is 11.1 Å². The van der Waals surface area contributed by atoms with Crippen molar-refractivity contribution < 1.29 is 18.0 Å². The molecule has 6 rings (SSSR count). The zero-order valence-electron chi connectivity index (χ0n) is 17.6. The average Bonchev–Trinajstić information content (AvgIpc) is 2.98. The van der Waals surface area contributed by atoms with Crippen LogP contribution in [0.25, 0.3) is 0 Å². The van der Waals surface area contributed by atoms with Crippen molar-refractivity contribution in [1.29, 1.82) is 0 Å². The van der Waals surface area contributed by atoms with Crippen LogP contribution < -0.4 is 15.4 Å². The van der Waals surface area contributed by atoms with Gasteiger partial charge in [0, 0.05) is 25.6 Å². The Kier molecular flexibility index (Phi) is 5.01. The quantitative estimate of drug-likeness (QED) is 0.684. The van der Waals surface area contributed by atoms with E-state index in [1.54, 1.807) is 24.3 Å². The number of para-hydroxylation sites is 1. The second-order valence-electron chi connectivity index (χ2n) is 9.96. The van der Waals surface area contributed by atoms with E-state index in [0.717, 1.165) is 32.1 Å². The lowest BCUT2D eigenvalue weighted by Crippen LogP contribution is -2.60. The number of benzene rings is 1. The number of carbonyl (C=O) groups is 2. The number of hydrogen-bond donors (Lipinski definition) is 2. The van der Waals surface area contributed by atoms with Crippen molar-refractivity contribution in [2.24, 2.45) is 28.9 Å². The normalized spacial score (nSPS) is 35.9. The fraction of sp³-hybridized carbons (Fsp3) is 0.636. The zero-order valence-corrected chi connectivity index (χ0v) is 18.4. The first-order chi connectivity index (χ1) is 14.8. The van der Waals surface area contributed by atoms with Crippen molar-refractivity contribution in [2.75, 3.05) is 23.9 Å². The minimum atomic E-state index is -3.71. The van der Waals surface area contributed by atoms with Gasteiger partial charge in [0.25, 0.3) is 0 Å². The van der Waals surface area contributed by atoms with Gasteiger partial charge in [-0.15, -0.1) is 0 Å². The Balaban J connectivity index is 1.23. The summed E-state index contributed by atoms with van der Waals surface area (Å²) in [6.07, 6.45) is 5.52. The van der Waals surface area contributed by atoms with Gasteiger partial charge in [-0.3, -0.25) is 13.9 Å². The fourth-order valence-electron chi connectivity index (χ4n) is 7.00. The van der Waals surface area contributed by atoms with E-state index in [2.05, 4.69) is 5.32 Å². The molecule has 4 saturated carbocycles. The number of rotatable bonds is 6. The van der Waals surface area contributed by atoms with E-state index >= 15 is 0 Å². The molecule has 1 saturated heterocycles. The van der Waals surface area contributed by atoms with E-state index in [9.17, 15) is 18.0 Å². The molecule has 5 aliphatic rings. The lowest BCUT2D eigenvalue weighted by Gasteiger charge is -2.60. The predicted octanol–water partition coefficient (Wildman–Crippen LogP) is 1.24. The summed E-state index contributed by atoms with van der Waals surface area (Å²) < 4.78 is 28.5. The van der Waals surface area contributed by atoms with Gasteiger partial charge in [-0.05, 0) is 67.4 Å². The molecule has 1 heterocycles. The summed E-state index contributed by atoms with van der Waals surface area (Å²) >= 11 is 0. The van der Waals surface area contributed by atoms with Crippen LogP contribution in [0.3, 0.4) is 0 Å². The van der Waals surface area contributed by atoms with Crippen molar-refractivity contribution in [3.05, 3.63) is 30.3 Å². The van der Waals surface area contributed by atoms with Gasteiger partial charge in [0.15, 0.2) is 0 Å². The van der Waals surface area contributed by atoms with E-state index in [1.807, 2.05) is 6.07 Å². The third-order valence-electron chi connectivity index (χ3n) is 7.80. The number of nitrogens with two attached hydrogens (primary N) is 1. The highest BCUT2D eigenvalue weighted by atomic mass is 32.2. The SMILES string of the molecule is NC(=O)CC12CC3CC(C1)C(NC(=O)CN1CCN(c4ccccc4)S1(=O)=O)C(C3)C2. The molecule has 9 heteroatoms. The topological polar surface area (TPSA) is 113 Å². The van der Waals surface area contributed by atoms with Crippen LogP contribution in [-0.2, 0) is 19.8 Å². The van der Waals surface area contributed by atoms with Gasteiger partial charge in [0.05, 0.1) is 12.2 Å². The number of nitrogens with zero attached hydrogens (tertiary/aromatic N) is 2. The first-order valence-corrected chi connectivity index (χ1v) is 12.6. The minimum Gasteiger partial charge on any atom is -0.370 e. The number of hydrogen-bond acceptors (Lipinski definition) is 4. The molecule has 2 atom stereocenters. The maximum atomic E-state index is 12.9. The minimum absolute atomic E-state index is 0.0119. The number of amides is 2. The fourth-order valence-corrected chi connectivity index (χ4v) is 8.57. The third-order valence-corrected chi connectivity index (χ3v) is 9.71. The van der Waals surface area contributed by atoms with Crippen LogP contribution in [0.15, 0.2) is 30.3 Å². The highest BCUT2D eigenvalue weighted by molar-refractivity contribution is 7.90. The summed E-state index contributed by atoms with van der Waals surface area (Å²) in [6, 6.07) is 9.04. The van der Waals surface area contributed by atoms with Crippen molar-refractivity contribution in [1.82, 2.24) is 9.62 Å². The lowest BCUT2D eigenvalue weighted by atomic mass is 9.47. The molecule has 5 fully saturated rings. The molecular formula is C22H30N4O4S. The van der Waals surface area contributed by atoms with Crippen LogP contribution in [0, 0.1) is 23.2 Å². The van der Waals surface area contributed by atoms with Crippen LogP contribution in [0.1, 0.15) is 38.5 Å². The number of primary amides is 1. The molecule has 0 aromatic heterocycles. The largest absolute Gasteiger partial charge is 0.370 e. The van der Waals surface area contributed by atoms with Crippen molar-refractivity contribution >= 4 is 27.7 Å². The molecule has 1 aromatic rings. The first-order valence-electron chi connectivity index (χ1n) is 11.2. The Morgan fingerprint density at radius 3 is 2.39 bits per heavy atom. The lowest BCUT2D eigenvalue weighted by molar-refractivity contribution is -0.134. The van der Waals surface area contributed by atoms with Crippen LogP contribution in [0.5, 0.6) is 0 Å². The van der Waals surface area contributed by atoms with Crippen LogP contribution in [0.2, 0.25) is 0 Å². The molecule has 168 valence electrons. The molecule has 4 bridgehead atoms. The zero-order chi connectivity index (χ0) is 21.8. The summed E-state index contributed by atoms with van der Waals surface area (Å²) in [4.78, 5) is 24.5. The highest BCUT2D eigenvalue weighted by Gasteiger charge is 2.56. The van der Waals surface area contributed by atoms with Gasteiger partial charge in [0.2, 0.25) is 11.8 Å².